The Morgan fingerprint density at radius 3 is 2.48 bits per heavy atom. The van der Waals surface area contributed by atoms with Gasteiger partial charge in [0.25, 0.3) is 5.91 Å². The molecule has 0 fully saturated rings. The lowest BCUT2D eigenvalue weighted by Crippen LogP contribution is -2.17. The van der Waals surface area contributed by atoms with Gasteiger partial charge in [-0.3, -0.25) is 9.59 Å². The van der Waals surface area contributed by atoms with E-state index in [1.807, 2.05) is 72.2 Å². The molecule has 0 radical (unpaired) electrons. The highest BCUT2D eigenvalue weighted by Gasteiger charge is 2.11. The number of rotatable bonds is 11. The first-order chi connectivity index (χ1) is 20.4. The van der Waals surface area contributed by atoms with Gasteiger partial charge in [0.2, 0.25) is 11.9 Å². The van der Waals surface area contributed by atoms with Crippen molar-refractivity contribution in [3.63, 3.8) is 0 Å². The Kier molecular flexibility index (Phi) is 8.74. The van der Waals surface area contributed by atoms with Gasteiger partial charge >= 0.3 is 0 Å². The molecule has 0 aliphatic rings. The maximum atomic E-state index is 13.0. The number of hydrogen-bond acceptors (Lipinski definition) is 7. The SMILES string of the molecule is COc1cccc2c1ccn2-c1ccnc(Nc2cccc(NC(=O)c3cccc(NC(=O)CCCN(C)C)c3)c2)n1. The van der Waals surface area contributed by atoms with Crippen LogP contribution in [-0.4, -0.2) is 59.0 Å². The smallest absolute Gasteiger partial charge is 0.255 e. The standard InChI is InChI=1S/C32H33N7O3/c1-38(2)18-7-14-30(40)34-23-9-4-8-22(20-23)31(41)35-24-10-5-11-25(21-24)36-32-33-17-15-29(37-32)39-19-16-26-27(39)12-6-13-28(26)42-3/h4-6,8-13,15-17,19-21H,7,14,18H2,1-3H3,(H,34,40)(H,35,41)(H,33,36,37). The highest BCUT2D eigenvalue weighted by molar-refractivity contribution is 6.05. The van der Waals surface area contributed by atoms with E-state index in [1.165, 1.54) is 0 Å². The highest BCUT2D eigenvalue weighted by Crippen LogP contribution is 2.28. The Labute approximate surface area is 244 Å². The van der Waals surface area contributed by atoms with Gasteiger partial charge in [-0.25, -0.2) is 4.98 Å². The molecular formula is C32H33N7O3. The lowest BCUT2D eigenvalue weighted by molar-refractivity contribution is -0.116. The van der Waals surface area contributed by atoms with Gasteiger partial charge in [-0.1, -0.05) is 18.2 Å². The molecule has 0 aliphatic heterocycles. The maximum Gasteiger partial charge on any atom is 0.255 e. The second-order valence-electron chi connectivity index (χ2n) is 10.0. The minimum atomic E-state index is -0.288. The molecule has 0 saturated heterocycles. The molecule has 3 N–H and O–H groups in total. The lowest BCUT2D eigenvalue weighted by Gasteiger charge is -2.11. The van der Waals surface area contributed by atoms with Crippen LogP contribution in [-0.2, 0) is 4.79 Å². The number of ether oxygens (including phenoxy) is 1. The van der Waals surface area contributed by atoms with Crippen LogP contribution in [0, 0.1) is 0 Å². The van der Waals surface area contributed by atoms with Gasteiger partial charge in [-0.15, -0.1) is 0 Å². The van der Waals surface area contributed by atoms with Crippen molar-refractivity contribution < 1.29 is 14.3 Å². The zero-order valence-electron chi connectivity index (χ0n) is 23.8. The predicted octanol–water partition coefficient (Wildman–Crippen LogP) is 5.71. The number of hydrogen-bond donors (Lipinski definition) is 3. The number of benzene rings is 3. The van der Waals surface area contributed by atoms with Gasteiger partial charge in [-0.05, 0) is 87.7 Å². The molecule has 5 rings (SSSR count). The first-order valence-electron chi connectivity index (χ1n) is 13.6. The van der Waals surface area contributed by atoms with Crippen LogP contribution in [0.2, 0.25) is 0 Å². The van der Waals surface area contributed by atoms with Crippen LogP contribution >= 0.6 is 0 Å². The summed E-state index contributed by atoms with van der Waals surface area (Å²) in [5.41, 5.74) is 3.30. The second kappa shape index (κ2) is 13.0. The number of carbonyl (C=O) groups is 2. The zero-order chi connectivity index (χ0) is 29.5. The van der Waals surface area contributed by atoms with Crippen LogP contribution in [0.25, 0.3) is 16.7 Å². The minimum Gasteiger partial charge on any atom is -0.496 e. The van der Waals surface area contributed by atoms with Gasteiger partial charge in [0.15, 0.2) is 0 Å². The van der Waals surface area contributed by atoms with Gasteiger partial charge in [0.05, 0.1) is 12.6 Å². The van der Waals surface area contributed by atoms with E-state index in [2.05, 4.69) is 20.9 Å². The molecule has 10 heteroatoms. The first kappa shape index (κ1) is 28.3. The average Bonchev–Trinajstić information content (AvgIpc) is 3.42. The summed E-state index contributed by atoms with van der Waals surface area (Å²) in [6, 6.07) is 23.9. The largest absolute Gasteiger partial charge is 0.496 e. The molecule has 5 aromatic rings. The number of methoxy groups -OCH3 is 1. The molecule has 0 unspecified atom stereocenters. The van der Waals surface area contributed by atoms with E-state index in [0.29, 0.717) is 40.8 Å². The van der Waals surface area contributed by atoms with Crippen LogP contribution in [0.15, 0.2) is 91.3 Å². The third-order valence-corrected chi connectivity index (χ3v) is 6.59. The van der Waals surface area contributed by atoms with Gasteiger partial charge in [-0.2, -0.15) is 4.98 Å². The molecule has 3 aromatic carbocycles. The van der Waals surface area contributed by atoms with E-state index >= 15 is 0 Å². The van der Waals surface area contributed by atoms with Crippen molar-refractivity contribution in [1.82, 2.24) is 19.4 Å². The fourth-order valence-corrected chi connectivity index (χ4v) is 4.59. The summed E-state index contributed by atoms with van der Waals surface area (Å²) in [5, 5.41) is 10.0. The average molecular weight is 564 g/mol. The number of aromatic nitrogens is 3. The molecule has 0 atom stereocenters. The van der Waals surface area contributed by atoms with Crippen molar-refractivity contribution in [2.75, 3.05) is 43.7 Å². The molecule has 0 bridgehead atoms. The van der Waals surface area contributed by atoms with Crippen molar-refractivity contribution >= 4 is 45.7 Å². The number of fused-ring (bicyclic) bond motifs is 1. The topological polar surface area (TPSA) is 113 Å². The minimum absolute atomic E-state index is 0.0795. The molecule has 214 valence electrons. The number of amides is 2. The Hall–Kier alpha value is -5.22. The Balaban J connectivity index is 1.25. The maximum absolute atomic E-state index is 13.0. The summed E-state index contributed by atoms with van der Waals surface area (Å²) < 4.78 is 7.45. The third kappa shape index (κ3) is 6.91. The summed E-state index contributed by atoms with van der Waals surface area (Å²) in [4.78, 5) is 36.4. The normalized spacial score (nSPS) is 11.0. The summed E-state index contributed by atoms with van der Waals surface area (Å²) in [6.07, 6.45) is 4.81. The van der Waals surface area contributed by atoms with E-state index in [0.717, 1.165) is 29.6 Å². The molecule has 42 heavy (non-hydrogen) atoms. The molecule has 0 saturated carbocycles. The molecule has 0 spiro atoms. The molecule has 2 amide bonds. The van der Waals surface area contributed by atoms with Crippen molar-refractivity contribution in [2.45, 2.75) is 12.8 Å². The lowest BCUT2D eigenvalue weighted by atomic mass is 10.1. The van der Waals surface area contributed by atoms with E-state index in [1.54, 1.807) is 49.7 Å². The zero-order valence-corrected chi connectivity index (χ0v) is 23.8. The van der Waals surface area contributed by atoms with Crippen LogP contribution in [0.5, 0.6) is 5.75 Å². The predicted molar refractivity (Wildman–Crippen MR) is 166 cm³/mol. The first-order valence-corrected chi connectivity index (χ1v) is 13.6. The van der Waals surface area contributed by atoms with E-state index < -0.39 is 0 Å². The van der Waals surface area contributed by atoms with Gasteiger partial charge < -0.3 is 30.2 Å². The Bertz CT molecular complexity index is 1710. The Morgan fingerprint density at radius 2 is 1.67 bits per heavy atom. The highest BCUT2D eigenvalue weighted by atomic mass is 16.5. The van der Waals surface area contributed by atoms with Crippen molar-refractivity contribution in [1.29, 1.82) is 0 Å². The monoisotopic (exact) mass is 563 g/mol. The summed E-state index contributed by atoms with van der Waals surface area (Å²) in [6.45, 7) is 0.835. The van der Waals surface area contributed by atoms with Crippen LogP contribution in [0.4, 0.5) is 23.0 Å². The van der Waals surface area contributed by atoms with E-state index in [-0.39, 0.29) is 11.8 Å². The molecular weight excluding hydrogens is 530 g/mol. The second-order valence-corrected chi connectivity index (χ2v) is 10.0. The molecule has 2 aromatic heterocycles. The van der Waals surface area contributed by atoms with Crippen molar-refractivity contribution in [2.24, 2.45) is 0 Å². The van der Waals surface area contributed by atoms with Crippen LogP contribution in [0.1, 0.15) is 23.2 Å². The number of anilines is 4. The van der Waals surface area contributed by atoms with Crippen molar-refractivity contribution in [3.8, 4) is 11.6 Å². The van der Waals surface area contributed by atoms with Crippen LogP contribution < -0.4 is 20.7 Å². The van der Waals surface area contributed by atoms with E-state index in [9.17, 15) is 9.59 Å². The Morgan fingerprint density at radius 1 is 0.905 bits per heavy atom. The molecule has 10 nitrogen and oxygen atoms in total. The molecule has 2 heterocycles. The third-order valence-electron chi connectivity index (χ3n) is 6.59. The van der Waals surface area contributed by atoms with Gasteiger partial charge in [0, 0.05) is 46.8 Å². The summed E-state index contributed by atoms with van der Waals surface area (Å²) >= 11 is 0. The van der Waals surface area contributed by atoms with E-state index in [4.69, 9.17) is 9.72 Å². The fraction of sp³-hybridized carbons (Fsp3) is 0.188. The number of nitrogens with one attached hydrogen (secondary N) is 3. The summed E-state index contributed by atoms with van der Waals surface area (Å²) in [7, 11) is 5.60. The summed E-state index contributed by atoms with van der Waals surface area (Å²) in [5.74, 6) is 1.54. The fourth-order valence-electron chi connectivity index (χ4n) is 4.59. The quantitative estimate of drug-likeness (QED) is 0.189. The van der Waals surface area contributed by atoms with Gasteiger partial charge in [0.1, 0.15) is 11.6 Å². The molecule has 0 aliphatic carbocycles. The number of nitrogens with zero attached hydrogens (tertiary/aromatic N) is 4. The van der Waals surface area contributed by atoms with Crippen LogP contribution in [0.3, 0.4) is 0 Å². The number of carbonyl (C=O) groups excluding carboxylic acids is 2. The van der Waals surface area contributed by atoms with Crippen molar-refractivity contribution in [3.05, 3.63) is 96.8 Å².